The molecule has 1 saturated heterocycles. The maximum Gasteiger partial charge on any atom is 0.222 e. The van der Waals surface area contributed by atoms with E-state index >= 15 is 0 Å². The first-order valence-electron chi connectivity index (χ1n) is 10.9. The van der Waals surface area contributed by atoms with Gasteiger partial charge in [0, 0.05) is 39.5 Å². The Morgan fingerprint density at radius 2 is 1.83 bits per heavy atom. The number of amides is 1. The van der Waals surface area contributed by atoms with E-state index in [-0.39, 0.29) is 5.91 Å². The van der Waals surface area contributed by atoms with Gasteiger partial charge >= 0.3 is 0 Å². The lowest BCUT2D eigenvalue weighted by atomic mass is 10.1. The average Bonchev–Trinajstić information content (AvgIpc) is 3.22. The van der Waals surface area contributed by atoms with E-state index in [9.17, 15) is 4.79 Å². The van der Waals surface area contributed by atoms with Gasteiger partial charge in [-0.3, -0.25) is 4.79 Å². The molecule has 0 saturated carbocycles. The fraction of sp³-hybridized carbons (Fsp3) is 0.609. The molecule has 1 aliphatic rings. The monoisotopic (exact) mass is 399 g/mol. The van der Waals surface area contributed by atoms with Crippen molar-refractivity contribution in [1.82, 2.24) is 15.1 Å². The van der Waals surface area contributed by atoms with Crippen LogP contribution in [0.3, 0.4) is 0 Å². The van der Waals surface area contributed by atoms with Gasteiger partial charge in [-0.2, -0.15) is 0 Å². The van der Waals surface area contributed by atoms with E-state index in [1.807, 2.05) is 13.1 Å². The fourth-order valence-corrected chi connectivity index (χ4v) is 3.64. The number of carbonyl (C=O) groups is 1. The normalized spacial score (nSPS) is 16.7. The Kier molecular flexibility index (Phi) is 8.68. The summed E-state index contributed by atoms with van der Waals surface area (Å²) >= 11 is 0. The number of benzene rings is 1. The summed E-state index contributed by atoms with van der Waals surface area (Å²) in [6.45, 7) is 1.59. The van der Waals surface area contributed by atoms with Gasteiger partial charge in [0.15, 0.2) is 0 Å². The molecule has 1 aliphatic heterocycles. The highest BCUT2D eigenvalue weighted by molar-refractivity contribution is 5.75. The minimum atomic E-state index is 0.114. The molecular formula is C23H33N3O3. The van der Waals surface area contributed by atoms with Crippen LogP contribution in [0.4, 0.5) is 0 Å². The molecule has 1 aromatic heterocycles. The van der Waals surface area contributed by atoms with Crippen molar-refractivity contribution in [2.24, 2.45) is 0 Å². The second-order valence-electron chi connectivity index (χ2n) is 7.87. The molecule has 1 fully saturated rings. The van der Waals surface area contributed by atoms with Gasteiger partial charge < -0.3 is 14.1 Å². The van der Waals surface area contributed by atoms with Gasteiger partial charge in [0.05, 0.1) is 6.10 Å². The van der Waals surface area contributed by atoms with Gasteiger partial charge in [0.25, 0.3) is 0 Å². The SMILES string of the molecule is CN(CC[C@H]1CCCCO1)C(=O)CCc1nnc(CCCCc2ccccc2)o1. The van der Waals surface area contributed by atoms with Crippen molar-refractivity contribution in [3.63, 3.8) is 0 Å². The van der Waals surface area contributed by atoms with Crippen molar-refractivity contribution in [1.29, 1.82) is 0 Å². The summed E-state index contributed by atoms with van der Waals surface area (Å²) in [6, 6.07) is 10.5. The highest BCUT2D eigenvalue weighted by atomic mass is 16.5. The zero-order valence-corrected chi connectivity index (χ0v) is 17.5. The Bertz CT molecular complexity index is 726. The first-order chi connectivity index (χ1) is 14.2. The van der Waals surface area contributed by atoms with Crippen LogP contribution in [0.15, 0.2) is 34.7 Å². The molecule has 1 aromatic carbocycles. The van der Waals surface area contributed by atoms with E-state index in [1.54, 1.807) is 4.90 Å². The smallest absolute Gasteiger partial charge is 0.222 e. The first kappa shape index (κ1) is 21.5. The lowest BCUT2D eigenvalue weighted by Crippen LogP contribution is -2.31. The van der Waals surface area contributed by atoms with Crippen molar-refractivity contribution in [3.05, 3.63) is 47.7 Å². The molecule has 0 aliphatic carbocycles. The average molecular weight is 400 g/mol. The molecule has 0 N–H and O–H groups in total. The summed E-state index contributed by atoms with van der Waals surface area (Å²) in [4.78, 5) is 14.1. The van der Waals surface area contributed by atoms with Crippen LogP contribution < -0.4 is 0 Å². The third-order valence-corrected chi connectivity index (χ3v) is 5.50. The molecule has 158 valence electrons. The molecule has 0 spiro atoms. The molecular weight excluding hydrogens is 366 g/mol. The van der Waals surface area contributed by atoms with Gasteiger partial charge in [0.2, 0.25) is 17.7 Å². The highest BCUT2D eigenvalue weighted by Gasteiger charge is 2.17. The Balaban J connectivity index is 1.30. The predicted octanol–water partition coefficient (Wildman–Crippen LogP) is 3.99. The van der Waals surface area contributed by atoms with Gasteiger partial charge in [-0.25, -0.2) is 0 Å². The van der Waals surface area contributed by atoms with Crippen LogP contribution >= 0.6 is 0 Å². The minimum Gasteiger partial charge on any atom is -0.425 e. The number of aryl methyl sites for hydroxylation is 3. The summed E-state index contributed by atoms with van der Waals surface area (Å²) < 4.78 is 11.4. The quantitative estimate of drug-likeness (QED) is 0.535. The van der Waals surface area contributed by atoms with Gasteiger partial charge in [-0.05, 0) is 50.5 Å². The number of carbonyl (C=O) groups excluding carboxylic acids is 1. The zero-order chi connectivity index (χ0) is 20.3. The summed E-state index contributed by atoms with van der Waals surface area (Å²) in [6.07, 6.45) is 9.57. The molecule has 2 heterocycles. The van der Waals surface area contributed by atoms with Crippen LogP contribution in [0, 0.1) is 0 Å². The third kappa shape index (κ3) is 7.61. The third-order valence-electron chi connectivity index (χ3n) is 5.50. The van der Waals surface area contributed by atoms with E-state index in [0.29, 0.717) is 30.7 Å². The Morgan fingerprint density at radius 3 is 2.59 bits per heavy atom. The van der Waals surface area contributed by atoms with Crippen LogP contribution in [0.5, 0.6) is 0 Å². The Hall–Kier alpha value is -2.21. The number of ether oxygens (including phenoxy) is 1. The Labute approximate surface area is 173 Å². The minimum absolute atomic E-state index is 0.114. The summed E-state index contributed by atoms with van der Waals surface area (Å²) in [5.74, 6) is 1.34. The fourth-order valence-electron chi connectivity index (χ4n) is 3.64. The number of nitrogens with zero attached hydrogens (tertiary/aromatic N) is 3. The molecule has 0 radical (unpaired) electrons. The summed E-state index contributed by atoms with van der Waals surface area (Å²) in [5, 5.41) is 8.22. The van der Waals surface area contributed by atoms with Crippen molar-refractivity contribution in [2.75, 3.05) is 20.2 Å². The maximum atomic E-state index is 12.3. The number of hydrogen-bond acceptors (Lipinski definition) is 5. The Morgan fingerprint density at radius 1 is 1.07 bits per heavy atom. The summed E-state index contributed by atoms with van der Waals surface area (Å²) in [7, 11) is 1.86. The molecule has 2 aromatic rings. The van der Waals surface area contributed by atoms with Crippen LogP contribution in [0.1, 0.15) is 62.3 Å². The molecule has 0 bridgehead atoms. The van der Waals surface area contributed by atoms with Crippen LogP contribution in [-0.2, 0) is 28.8 Å². The van der Waals surface area contributed by atoms with Gasteiger partial charge in [-0.15, -0.1) is 10.2 Å². The van der Waals surface area contributed by atoms with E-state index in [2.05, 4.69) is 34.5 Å². The molecule has 6 nitrogen and oxygen atoms in total. The first-order valence-corrected chi connectivity index (χ1v) is 10.9. The lowest BCUT2D eigenvalue weighted by molar-refractivity contribution is -0.130. The standard InChI is InChI=1S/C23H33N3O3/c1-26(17-16-20-12-7-8-18-28-20)23(27)15-14-22-25-24-21(29-22)13-6-5-11-19-9-3-2-4-10-19/h2-4,9-10,20H,5-8,11-18H2,1H3/t20-/m1/s1. The maximum absolute atomic E-state index is 12.3. The second-order valence-corrected chi connectivity index (χ2v) is 7.87. The van der Waals surface area contributed by atoms with E-state index in [1.165, 1.54) is 12.0 Å². The van der Waals surface area contributed by atoms with Crippen LogP contribution in [0.25, 0.3) is 0 Å². The number of hydrogen-bond donors (Lipinski definition) is 0. The van der Waals surface area contributed by atoms with Crippen LogP contribution in [-0.4, -0.2) is 47.3 Å². The number of unbranched alkanes of at least 4 members (excludes halogenated alkanes) is 1. The molecule has 29 heavy (non-hydrogen) atoms. The zero-order valence-electron chi connectivity index (χ0n) is 17.5. The van der Waals surface area contributed by atoms with E-state index in [0.717, 1.165) is 58.1 Å². The molecule has 1 amide bonds. The molecule has 0 unspecified atom stereocenters. The van der Waals surface area contributed by atoms with Crippen molar-refractivity contribution in [2.45, 2.75) is 70.3 Å². The van der Waals surface area contributed by atoms with E-state index < -0.39 is 0 Å². The summed E-state index contributed by atoms with van der Waals surface area (Å²) in [5.41, 5.74) is 1.36. The molecule has 6 heteroatoms. The predicted molar refractivity (Wildman–Crippen MR) is 112 cm³/mol. The number of rotatable bonds is 11. The van der Waals surface area contributed by atoms with Crippen molar-refractivity contribution < 1.29 is 13.9 Å². The lowest BCUT2D eigenvalue weighted by Gasteiger charge is -2.25. The van der Waals surface area contributed by atoms with Crippen molar-refractivity contribution in [3.8, 4) is 0 Å². The van der Waals surface area contributed by atoms with Gasteiger partial charge in [-0.1, -0.05) is 30.3 Å². The second kappa shape index (κ2) is 11.7. The molecule has 3 rings (SSSR count). The van der Waals surface area contributed by atoms with Crippen LogP contribution in [0.2, 0.25) is 0 Å². The molecule has 1 atom stereocenters. The number of aromatic nitrogens is 2. The van der Waals surface area contributed by atoms with Gasteiger partial charge in [0.1, 0.15) is 0 Å². The topological polar surface area (TPSA) is 68.5 Å². The highest BCUT2D eigenvalue weighted by Crippen LogP contribution is 2.16. The largest absolute Gasteiger partial charge is 0.425 e. The van der Waals surface area contributed by atoms with E-state index in [4.69, 9.17) is 9.15 Å². The van der Waals surface area contributed by atoms with Crippen molar-refractivity contribution >= 4 is 5.91 Å².